The molecule has 0 spiro atoms. The predicted molar refractivity (Wildman–Crippen MR) is 38.7 cm³/mol. The van der Waals surface area contributed by atoms with Gasteiger partial charge in [-0.3, -0.25) is 0 Å². The predicted octanol–water partition coefficient (Wildman–Crippen LogP) is -0.193. The average Bonchev–Trinajstić information content (AvgIpc) is 2.07. The summed E-state index contributed by atoms with van der Waals surface area (Å²) in [5, 5.41) is 8.15. The zero-order chi connectivity index (χ0) is 7.94. The first-order chi connectivity index (χ1) is 5.43. The monoisotopic (exact) mass is 149 g/mol. The fraction of sp³-hybridized carbons (Fsp3) is 0.143. The molecule has 0 aromatic carbocycles. The van der Waals surface area contributed by atoms with Crippen molar-refractivity contribution >= 4 is 0 Å². The first-order valence-corrected chi connectivity index (χ1v) is 3.06. The van der Waals surface area contributed by atoms with Gasteiger partial charge in [-0.1, -0.05) is 5.92 Å². The fourth-order valence-corrected chi connectivity index (χ4v) is 0.526. The largest absolute Gasteiger partial charge is 0.316 e. The summed E-state index contributed by atoms with van der Waals surface area (Å²) in [6.45, 7) is 0.220. The minimum Gasteiger partial charge on any atom is -0.316 e. The maximum Gasteiger partial charge on any atom is 0.204 e. The van der Waals surface area contributed by atoms with Gasteiger partial charge in [-0.2, -0.15) is 5.48 Å². The summed E-state index contributed by atoms with van der Waals surface area (Å²) in [6, 6.07) is 1.72. The van der Waals surface area contributed by atoms with Gasteiger partial charge < -0.3 is 5.21 Å². The zero-order valence-corrected chi connectivity index (χ0v) is 5.78. The van der Waals surface area contributed by atoms with E-state index in [0.29, 0.717) is 5.82 Å². The molecule has 0 fully saturated rings. The molecule has 0 aliphatic carbocycles. The molecule has 0 unspecified atom stereocenters. The molecule has 4 nitrogen and oxygen atoms in total. The lowest BCUT2D eigenvalue weighted by Crippen LogP contribution is -2.05. The molecule has 0 radical (unpaired) electrons. The molecule has 1 rings (SSSR count). The van der Waals surface area contributed by atoms with E-state index in [1.807, 2.05) is 5.48 Å². The number of hydroxylamine groups is 1. The number of hydrogen-bond acceptors (Lipinski definition) is 4. The Hall–Kier alpha value is -1.44. The summed E-state index contributed by atoms with van der Waals surface area (Å²) in [4.78, 5) is 7.71. The quantitative estimate of drug-likeness (QED) is 0.429. The Morgan fingerprint density at radius 2 is 2.18 bits per heavy atom. The van der Waals surface area contributed by atoms with Crippen LogP contribution in [0.5, 0.6) is 0 Å². The van der Waals surface area contributed by atoms with E-state index in [0.717, 1.165) is 0 Å². The highest BCUT2D eigenvalue weighted by Gasteiger charge is 1.82. The SMILES string of the molecule is ONCC#Cc1ncccn1. The van der Waals surface area contributed by atoms with Crippen LogP contribution in [-0.2, 0) is 0 Å². The Morgan fingerprint density at radius 1 is 1.45 bits per heavy atom. The van der Waals surface area contributed by atoms with E-state index in [1.165, 1.54) is 0 Å². The van der Waals surface area contributed by atoms with Crippen LogP contribution in [0, 0.1) is 11.8 Å². The van der Waals surface area contributed by atoms with Gasteiger partial charge in [0.2, 0.25) is 5.82 Å². The van der Waals surface area contributed by atoms with Crippen molar-refractivity contribution in [3.63, 3.8) is 0 Å². The maximum atomic E-state index is 8.15. The van der Waals surface area contributed by atoms with Crippen LogP contribution in [0.2, 0.25) is 0 Å². The fourth-order valence-electron chi connectivity index (χ4n) is 0.526. The van der Waals surface area contributed by atoms with Crippen LogP contribution in [0.25, 0.3) is 0 Å². The van der Waals surface area contributed by atoms with E-state index in [4.69, 9.17) is 5.21 Å². The lowest BCUT2D eigenvalue weighted by Gasteiger charge is -1.84. The van der Waals surface area contributed by atoms with Gasteiger partial charge in [-0.05, 0) is 12.0 Å². The number of nitrogens with one attached hydrogen (secondary N) is 1. The molecule has 0 atom stereocenters. The molecule has 56 valence electrons. The first kappa shape index (κ1) is 7.66. The molecule has 1 aromatic heterocycles. The van der Waals surface area contributed by atoms with E-state index >= 15 is 0 Å². The van der Waals surface area contributed by atoms with Crippen LogP contribution < -0.4 is 5.48 Å². The zero-order valence-electron chi connectivity index (χ0n) is 5.78. The van der Waals surface area contributed by atoms with Gasteiger partial charge in [-0.25, -0.2) is 9.97 Å². The lowest BCUT2D eigenvalue weighted by molar-refractivity contribution is 0.181. The van der Waals surface area contributed by atoms with Crippen molar-refractivity contribution in [3.8, 4) is 11.8 Å². The van der Waals surface area contributed by atoms with Crippen molar-refractivity contribution in [2.24, 2.45) is 0 Å². The highest BCUT2D eigenvalue weighted by atomic mass is 16.5. The Bertz CT molecular complexity index is 262. The molecule has 1 aromatic rings. The topological polar surface area (TPSA) is 58.0 Å². The molecule has 0 bridgehead atoms. The van der Waals surface area contributed by atoms with E-state index in [2.05, 4.69) is 21.8 Å². The van der Waals surface area contributed by atoms with E-state index < -0.39 is 0 Å². The number of rotatable bonds is 1. The molecule has 0 saturated carbocycles. The van der Waals surface area contributed by atoms with Crippen LogP contribution in [-0.4, -0.2) is 21.7 Å². The summed E-state index contributed by atoms with van der Waals surface area (Å²) in [6.07, 6.45) is 3.23. The summed E-state index contributed by atoms with van der Waals surface area (Å²) >= 11 is 0. The summed E-state index contributed by atoms with van der Waals surface area (Å²) in [5.41, 5.74) is 1.91. The normalized spacial score (nSPS) is 8.45. The smallest absolute Gasteiger partial charge is 0.204 e. The number of hydrogen-bond donors (Lipinski definition) is 2. The second-order valence-electron chi connectivity index (χ2n) is 1.71. The molecule has 0 saturated heterocycles. The number of nitrogens with zero attached hydrogens (tertiary/aromatic N) is 2. The third-order valence-corrected chi connectivity index (χ3v) is 0.933. The van der Waals surface area contributed by atoms with Crippen LogP contribution in [0.4, 0.5) is 0 Å². The van der Waals surface area contributed by atoms with Crippen LogP contribution >= 0.6 is 0 Å². The Kier molecular flexibility index (Phi) is 3.06. The minimum absolute atomic E-state index is 0.220. The van der Waals surface area contributed by atoms with Crippen molar-refractivity contribution in [1.82, 2.24) is 15.4 Å². The third-order valence-electron chi connectivity index (χ3n) is 0.933. The third kappa shape index (κ3) is 2.76. The Labute approximate surface area is 64.3 Å². The molecule has 2 N–H and O–H groups in total. The Balaban J connectivity index is 2.59. The van der Waals surface area contributed by atoms with Crippen molar-refractivity contribution in [3.05, 3.63) is 24.3 Å². The van der Waals surface area contributed by atoms with Gasteiger partial charge in [0, 0.05) is 12.4 Å². The van der Waals surface area contributed by atoms with Crippen molar-refractivity contribution in [2.75, 3.05) is 6.54 Å². The molecule has 11 heavy (non-hydrogen) atoms. The maximum absolute atomic E-state index is 8.15. The van der Waals surface area contributed by atoms with Crippen LogP contribution in [0.1, 0.15) is 5.82 Å². The molecule has 0 aliphatic heterocycles. The van der Waals surface area contributed by atoms with Crippen molar-refractivity contribution in [1.29, 1.82) is 0 Å². The summed E-state index contributed by atoms with van der Waals surface area (Å²) in [5.74, 6) is 5.73. The average molecular weight is 149 g/mol. The van der Waals surface area contributed by atoms with Gasteiger partial charge in [0.1, 0.15) is 0 Å². The number of aromatic nitrogens is 2. The molecular weight excluding hydrogens is 142 g/mol. The molecule has 1 heterocycles. The van der Waals surface area contributed by atoms with Crippen molar-refractivity contribution in [2.45, 2.75) is 0 Å². The van der Waals surface area contributed by atoms with Crippen LogP contribution in [0.15, 0.2) is 18.5 Å². The summed E-state index contributed by atoms with van der Waals surface area (Å²) < 4.78 is 0. The lowest BCUT2D eigenvalue weighted by atomic mass is 10.5. The summed E-state index contributed by atoms with van der Waals surface area (Å²) in [7, 11) is 0. The van der Waals surface area contributed by atoms with Gasteiger partial charge in [0.25, 0.3) is 0 Å². The molecule has 4 heteroatoms. The highest BCUT2D eigenvalue weighted by molar-refractivity contribution is 5.19. The molecule has 0 aliphatic rings. The van der Waals surface area contributed by atoms with Crippen molar-refractivity contribution < 1.29 is 5.21 Å². The molecular formula is C7H7N3O. The standard InChI is InChI=1S/C7H7N3O/c11-10-6-1-3-7-8-4-2-5-9-7/h2,4-5,10-11H,6H2. The van der Waals surface area contributed by atoms with Gasteiger partial charge in [0.05, 0.1) is 6.54 Å². The second-order valence-corrected chi connectivity index (χ2v) is 1.71. The van der Waals surface area contributed by atoms with Gasteiger partial charge in [0.15, 0.2) is 0 Å². The van der Waals surface area contributed by atoms with E-state index in [-0.39, 0.29) is 6.54 Å². The van der Waals surface area contributed by atoms with Gasteiger partial charge >= 0.3 is 0 Å². The van der Waals surface area contributed by atoms with Crippen LogP contribution in [0.3, 0.4) is 0 Å². The molecule has 0 amide bonds. The van der Waals surface area contributed by atoms with E-state index in [9.17, 15) is 0 Å². The highest BCUT2D eigenvalue weighted by Crippen LogP contribution is 1.81. The minimum atomic E-state index is 0.220. The Morgan fingerprint density at radius 3 is 2.82 bits per heavy atom. The van der Waals surface area contributed by atoms with E-state index in [1.54, 1.807) is 18.5 Å². The first-order valence-electron chi connectivity index (χ1n) is 3.06. The second kappa shape index (κ2) is 4.39. The van der Waals surface area contributed by atoms with Gasteiger partial charge in [-0.15, -0.1) is 0 Å².